The minimum Gasteiger partial charge on any atom is -0.478 e. The average molecular weight is 450 g/mol. The van der Waals surface area contributed by atoms with E-state index in [2.05, 4.69) is 26.2 Å². The van der Waals surface area contributed by atoms with E-state index in [-0.39, 0.29) is 23.4 Å². The third-order valence-corrected chi connectivity index (χ3v) is 5.48. The molecule has 0 aliphatic rings. The number of rotatable bonds is 5. The van der Waals surface area contributed by atoms with Crippen LogP contribution in [-0.4, -0.2) is 26.5 Å². The highest BCUT2D eigenvalue weighted by Gasteiger charge is 2.22. The van der Waals surface area contributed by atoms with Gasteiger partial charge in [-0.3, -0.25) is 14.2 Å². The first-order valence-corrected chi connectivity index (χ1v) is 9.76. The number of nitrogens with zero attached hydrogens (tertiary/aromatic N) is 2. The number of aromatic nitrogens is 2. The molecule has 1 aromatic carbocycles. The van der Waals surface area contributed by atoms with Crippen LogP contribution in [0.5, 0.6) is 0 Å². The fourth-order valence-electron chi connectivity index (χ4n) is 2.69. The molecule has 9 heteroatoms. The molecule has 3 aromatic rings. The van der Waals surface area contributed by atoms with E-state index in [1.54, 1.807) is 18.2 Å². The Morgan fingerprint density at radius 1 is 1.33 bits per heavy atom. The number of amides is 1. The maximum Gasteiger partial charge on any atom is 0.337 e. The lowest BCUT2D eigenvalue weighted by Gasteiger charge is -2.15. The number of halogens is 1. The van der Waals surface area contributed by atoms with E-state index < -0.39 is 17.4 Å². The van der Waals surface area contributed by atoms with Crippen molar-refractivity contribution in [2.75, 3.05) is 5.32 Å². The lowest BCUT2D eigenvalue weighted by Crippen LogP contribution is -2.32. The largest absolute Gasteiger partial charge is 0.478 e. The third-order valence-electron chi connectivity index (χ3n) is 3.92. The summed E-state index contributed by atoms with van der Waals surface area (Å²) in [5, 5.41) is 13.5. The number of benzene rings is 1. The smallest absolute Gasteiger partial charge is 0.337 e. The van der Waals surface area contributed by atoms with E-state index in [1.165, 1.54) is 9.95 Å². The van der Waals surface area contributed by atoms with Crippen molar-refractivity contribution in [3.05, 3.63) is 55.9 Å². The molecule has 0 aliphatic heterocycles. The van der Waals surface area contributed by atoms with Crippen molar-refractivity contribution >= 4 is 55.0 Å². The van der Waals surface area contributed by atoms with Crippen molar-refractivity contribution < 1.29 is 14.7 Å². The van der Waals surface area contributed by atoms with Gasteiger partial charge < -0.3 is 10.4 Å². The fourth-order valence-corrected chi connectivity index (χ4v) is 3.98. The fraction of sp³-hybridized carbons (Fsp3) is 0.222. The summed E-state index contributed by atoms with van der Waals surface area (Å²) < 4.78 is 1.97. The highest BCUT2D eigenvalue weighted by atomic mass is 79.9. The number of thiophene rings is 1. The van der Waals surface area contributed by atoms with Gasteiger partial charge in [0.1, 0.15) is 17.2 Å². The van der Waals surface area contributed by atoms with Gasteiger partial charge in [-0.1, -0.05) is 26.0 Å². The Morgan fingerprint density at radius 2 is 2.04 bits per heavy atom. The van der Waals surface area contributed by atoms with Crippen LogP contribution in [0, 0.1) is 0 Å². The van der Waals surface area contributed by atoms with Crippen LogP contribution >= 0.6 is 27.3 Å². The summed E-state index contributed by atoms with van der Waals surface area (Å²) in [5.74, 6) is -1.27. The zero-order chi connectivity index (χ0) is 19.7. The van der Waals surface area contributed by atoms with Gasteiger partial charge in [-0.25, -0.2) is 9.78 Å². The van der Waals surface area contributed by atoms with Crippen molar-refractivity contribution in [3.63, 3.8) is 0 Å². The predicted octanol–water partition coefficient (Wildman–Crippen LogP) is 3.68. The van der Waals surface area contributed by atoms with Gasteiger partial charge in [0.05, 0.1) is 16.6 Å². The van der Waals surface area contributed by atoms with Crippen LogP contribution in [0.4, 0.5) is 5.69 Å². The SMILES string of the molecule is CC(C)c1nc2scc(C(=O)O)c2c(=O)n1CC(=O)Nc1ccccc1Br. The van der Waals surface area contributed by atoms with Crippen molar-refractivity contribution in [3.8, 4) is 0 Å². The average Bonchev–Trinajstić information content (AvgIpc) is 3.03. The van der Waals surface area contributed by atoms with Crippen LogP contribution < -0.4 is 10.9 Å². The first-order chi connectivity index (χ1) is 12.8. The molecular formula is C18H16BrN3O4S. The number of carboxylic acids is 1. The van der Waals surface area contributed by atoms with Crippen molar-refractivity contribution in [1.82, 2.24) is 9.55 Å². The van der Waals surface area contributed by atoms with Crippen molar-refractivity contribution in [2.24, 2.45) is 0 Å². The van der Waals surface area contributed by atoms with E-state index >= 15 is 0 Å². The standard InChI is InChI=1S/C18H16BrN3O4S/c1-9(2)15-21-16-14(10(8-27-16)18(25)26)17(24)22(15)7-13(23)20-12-6-4-3-5-11(12)19/h3-6,8-9H,7H2,1-2H3,(H,20,23)(H,25,26). The lowest BCUT2D eigenvalue weighted by atomic mass is 10.2. The molecule has 2 N–H and O–H groups in total. The first-order valence-electron chi connectivity index (χ1n) is 8.09. The number of nitrogens with one attached hydrogen (secondary N) is 1. The van der Waals surface area contributed by atoms with Crippen LogP contribution in [0.2, 0.25) is 0 Å². The van der Waals surface area contributed by atoms with Crippen molar-refractivity contribution in [2.45, 2.75) is 26.3 Å². The van der Waals surface area contributed by atoms with Gasteiger partial charge in [-0.05, 0) is 28.1 Å². The molecule has 140 valence electrons. The highest BCUT2D eigenvalue weighted by Crippen LogP contribution is 2.24. The number of hydrogen-bond donors (Lipinski definition) is 2. The monoisotopic (exact) mass is 449 g/mol. The second kappa shape index (κ2) is 7.61. The van der Waals surface area contributed by atoms with Gasteiger partial charge in [0.25, 0.3) is 5.56 Å². The highest BCUT2D eigenvalue weighted by molar-refractivity contribution is 9.10. The second-order valence-electron chi connectivity index (χ2n) is 6.18. The summed E-state index contributed by atoms with van der Waals surface area (Å²) in [6.45, 7) is 3.47. The molecular weight excluding hydrogens is 434 g/mol. The molecule has 2 aromatic heterocycles. The molecule has 0 bridgehead atoms. The Kier molecular flexibility index (Phi) is 5.43. The summed E-state index contributed by atoms with van der Waals surface area (Å²) >= 11 is 4.46. The number of anilines is 1. The molecule has 0 radical (unpaired) electrons. The van der Waals surface area contributed by atoms with Gasteiger partial charge in [0.15, 0.2) is 0 Å². The number of aromatic carboxylic acids is 1. The molecule has 1 amide bonds. The van der Waals surface area contributed by atoms with E-state index in [1.807, 2.05) is 19.9 Å². The van der Waals surface area contributed by atoms with Gasteiger partial charge in [-0.2, -0.15) is 0 Å². The van der Waals surface area contributed by atoms with E-state index in [0.29, 0.717) is 20.8 Å². The Balaban J connectivity index is 2.05. The number of carbonyl (C=O) groups is 2. The van der Waals surface area contributed by atoms with Crippen LogP contribution in [0.25, 0.3) is 10.2 Å². The molecule has 2 heterocycles. The van der Waals surface area contributed by atoms with Crippen LogP contribution in [0.1, 0.15) is 35.9 Å². The number of carboxylic acid groups (broad SMARTS) is 1. The van der Waals surface area contributed by atoms with Crippen LogP contribution in [0.3, 0.4) is 0 Å². The third kappa shape index (κ3) is 3.79. The van der Waals surface area contributed by atoms with Crippen LogP contribution in [-0.2, 0) is 11.3 Å². The number of fused-ring (bicyclic) bond motifs is 1. The first kappa shape index (κ1) is 19.2. The normalized spacial score (nSPS) is 11.1. The maximum atomic E-state index is 13.0. The topological polar surface area (TPSA) is 101 Å². The minimum absolute atomic E-state index is 0.0330. The molecule has 3 rings (SSSR count). The van der Waals surface area contributed by atoms with E-state index in [4.69, 9.17) is 0 Å². The molecule has 0 spiro atoms. The minimum atomic E-state index is -1.19. The van der Waals surface area contributed by atoms with Gasteiger partial charge in [0.2, 0.25) is 5.91 Å². The number of para-hydroxylation sites is 1. The lowest BCUT2D eigenvalue weighted by molar-refractivity contribution is -0.116. The maximum absolute atomic E-state index is 13.0. The summed E-state index contributed by atoms with van der Waals surface area (Å²) in [7, 11) is 0. The summed E-state index contributed by atoms with van der Waals surface area (Å²) in [4.78, 5) is 41.7. The van der Waals surface area contributed by atoms with Gasteiger partial charge >= 0.3 is 5.97 Å². The molecule has 0 saturated carbocycles. The molecule has 0 atom stereocenters. The van der Waals surface area contributed by atoms with Crippen molar-refractivity contribution in [1.29, 1.82) is 0 Å². The Hall–Kier alpha value is -2.52. The van der Waals surface area contributed by atoms with Crippen LogP contribution in [0.15, 0.2) is 38.9 Å². The molecule has 7 nitrogen and oxygen atoms in total. The molecule has 0 saturated heterocycles. The van der Waals surface area contributed by atoms with Gasteiger partial charge in [-0.15, -0.1) is 11.3 Å². The summed E-state index contributed by atoms with van der Waals surface area (Å²) in [6, 6.07) is 7.13. The summed E-state index contributed by atoms with van der Waals surface area (Å²) in [6.07, 6.45) is 0. The summed E-state index contributed by atoms with van der Waals surface area (Å²) in [5.41, 5.74) is -0.0372. The predicted molar refractivity (Wildman–Crippen MR) is 108 cm³/mol. The Labute approximate surface area is 166 Å². The second-order valence-corrected chi connectivity index (χ2v) is 7.89. The quantitative estimate of drug-likeness (QED) is 0.618. The zero-order valence-corrected chi connectivity index (χ0v) is 16.9. The van der Waals surface area contributed by atoms with E-state index in [9.17, 15) is 19.5 Å². The molecule has 27 heavy (non-hydrogen) atoms. The van der Waals surface area contributed by atoms with E-state index in [0.717, 1.165) is 11.3 Å². The Bertz CT molecular complexity index is 1100. The zero-order valence-electron chi connectivity index (χ0n) is 14.5. The molecule has 0 unspecified atom stereocenters. The number of carbonyl (C=O) groups excluding carboxylic acids is 1. The Morgan fingerprint density at radius 3 is 2.67 bits per heavy atom. The van der Waals surface area contributed by atoms with Gasteiger partial charge in [0, 0.05) is 15.8 Å². The number of hydrogen-bond acceptors (Lipinski definition) is 5. The molecule has 0 fully saturated rings. The molecule has 0 aliphatic carbocycles.